The highest BCUT2D eigenvalue weighted by atomic mass is 15.4. The van der Waals surface area contributed by atoms with Gasteiger partial charge in [-0.3, -0.25) is 4.99 Å². The third kappa shape index (κ3) is 4.71. The highest BCUT2D eigenvalue weighted by Crippen LogP contribution is 2.38. The van der Waals surface area contributed by atoms with Gasteiger partial charge in [-0.1, -0.05) is 64.1 Å². The van der Waals surface area contributed by atoms with E-state index in [9.17, 15) is 0 Å². The second kappa shape index (κ2) is 10.3. The summed E-state index contributed by atoms with van der Waals surface area (Å²) in [5.74, 6) is 1.78. The fourth-order valence-electron chi connectivity index (χ4n) is 4.60. The van der Waals surface area contributed by atoms with Crippen LogP contribution in [0.3, 0.4) is 0 Å². The molecule has 0 aromatic heterocycles. The first-order chi connectivity index (χ1) is 15.7. The van der Waals surface area contributed by atoms with Gasteiger partial charge in [0.05, 0.1) is 5.69 Å². The summed E-state index contributed by atoms with van der Waals surface area (Å²) in [6, 6.07) is 13.2. The summed E-state index contributed by atoms with van der Waals surface area (Å²) in [7, 11) is 4.01. The van der Waals surface area contributed by atoms with Crippen molar-refractivity contribution in [1.29, 1.82) is 0 Å². The van der Waals surface area contributed by atoms with E-state index < -0.39 is 0 Å². The Bertz CT molecular complexity index is 1040. The third-order valence-corrected chi connectivity index (χ3v) is 6.60. The maximum absolute atomic E-state index is 4.86. The lowest BCUT2D eigenvalue weighted by molar-refractivity contribution is 0.383. The molecule has 0 saturated heterocycles. The Labute approximate surface area is 200 Å². The Morgan fingerprint density at radius 2 is 1.61 bits per heavy atom. The second-order valence-corrected chi connectivity index (χ2v) is 9.45. The van der Waals surface area contributed by atoms with E-state index in [4.69, 9.17) is 4.99 Å². The van der Waals surface area contributed by atoms with Gasteiger partial charge >= 0.3 is 0 Å². The molecule has 1 heterocycles. The van der Waals surface area contributed by atoms with Gasteiger partial charge in [-0.25, -0.2) is 0 Å². The highest BCUT2D eigenvalue weighted by Gasteiger charge is 2.26. The van der Waals surface area contributed by atoms with Crippen molar-refractivity contribution in [3.8, 4) is 0 Å². The minimum Gasteiger partial charge on any atom is -0.359 e. The summed E-state index contributed by atoms with van der Waals surface area (Å²) < 4.78 is 0. The Kier molecular flexibility index (Phi) is 7.68. The summed E-state index contributed by atoms with van der Waals surface area (Å²) in [5.41, 5.74) is 7.52. The van der Waals surface area contributed by atoms with E-state index in [0.29, 0.717) is 11.8 Å². The van der Waals surface area contributed by atoms with Gasteiger partial charge in [-0.2, -0.15) is 0 Å². The Morgan fingerprint density at radius 1 is 1.00 bits per heavy atom. The van der Waals surface area contributed by atoms with Gasteiger partial charge in [0.2, 0.25) is 0 Å². The first kappa shape index (κ1) is 24.6. The minimum absolute atomic E-state index is 0.279. The lowest BCUT2D eigenvalue weighted by Gasteiger charge is -2.32. The van der Waals surface area contributed by atoms with E-state index in [1.165, 1.54) is 28.1 Å². The molecule has 33 heavy (non-hydrogen) atoms. The van der Waals surface area contributed by atoms with Crippen LogP contribution in [-0.2, 0) is 0 Å². The number of nitrogens with zero attached hydrogens (tertiary/aromatic N) is 4. The Hall–Kier alpha value is -3.01. The number of hydrogen-bond donors (Lipinski definition) is 0. The number of para-hydroxylation sites is 1. The van der Waals surface area contributed by atoms with Gasteiger partial charge in [0.1, 0.15) is 12.0 Å². The molecule has 1 atom stereocenters. The van der Waals surface area contributed by atoms with Crippen LogP contribution in [0.1, 0.15) is 75.6 Å². The van der Waals surface area contributed by atoms with Gasteiger partial charge < -0.3 is 14.7 Å². The molecule has 4 nitrogen and oxygen atoms in total. The summed E-state index contributed by atoms with van der Waals surface area (Å²) in [6.45, 7) is 15.6. The average molecular weight is 445 g/mol. The Morgan fingerprint density at radius 3 is 2.09 bits per heavy atom. The quantitative estimate of drug-likeness (QED) is 0.347. The van der Waals surface area contributed by atoms with Gasteiger partial charge in [-0.15, -0.1) is 0 Å². The van der Waals surface area contributed by atoms with Crippen LogP contribution in [-0.4, -0.2) is 31.0 Å². The number of allylic oxidation sites excluding steroid dienone is 1. The van der Waals surface area contributed by atoms with E-state index in [2.05, 4.69) is 131 Å². The lowest BCUT2D eigenvalue weighted by Crippen LogP contribution is -2.34. The molecule has 3 rings (SSSR count). The van der Waals surface area contributed by atoms with Crippen molar-refractivity contribution in [3.05, 3.63) is 83.3 Å². The van der Waals surface area contributed by atoms with Crippen molar-refractivity contribution in [1.82, 2.24) is 4.90 Å². The van der Waals surface area contributed by atoms with Gasteiger partial charge in [0.15, 0.2) is 0 Å². The van der Waals surface area contributed by atoms with E-state index in [1.54, 1.807) is 0 Å². The van der Waals surface area contributed by atoms with E-state index in [-0.39, 0.29) is 6.17 Å². The number of aliphatic imine (C=N–C) groups is 1. The normalized spacial score (nSPS) is 16.7. The molecule has 1 aliphatic heterocycles. The smallest absolute Gasteiger partial charge is 0.139 e. The zero-order valence-electron chi connectivity index (χ0n) is 21.8. The molecular formula is C29H40N4. The predicted molar refractivity (Wildman–Crippen MR) is 144 cm³/mol. The van der Waals surface area contributed by atoms with Crippen LogP contribution in [0.5, 0.6) is 0 Å². The van der Waals surface area contributed by atoms with Crippen LogP contribution >= 0.6 is 0 Å². The molecule has 4 heteroatoms. The number of hydrogen-bond acceptors (Lipinski definition) is 3. The number of benzene rings is 2. The fraction of sp³-hybridized carbons (Fsp3) is 0.414. The SMILES string of the molecule is C/C=C\N(C(=NC)c1cccc(N2C=CN(C)[C@@H]2C)c1C)c1c(C(C)C)cccc1C(C)C. The van der Waals surface area contributed by atoms with Crippen molar-refractivity contribution >= 4 is 17.2 Å². The molecule has 176 valence electrons. The molecule has 0 amide bonds. The predicted octanol–water partition coefficient (Wildman–Crippen LogP) is 7.23. The molecule has 0 aliphatic carbocycles. The molecule has 2 aromatic carbocycles. The molecule has 0 unspecified atom stereocenters. The minimum atomic E-state index is 0.279. The fourth-order valence-corrected chi connectivity index (χ4v) is 4.60. The Balaban J connectivity index is 2.21. The monoisotopic (exact) mass is 444 g/mol. The van der Waals surface area contributed by atoms with Crippen molar-refractivity contribution < 1.29 is 0 Å². The summed E-state index contributed by atoms with van der Waals surface area (Å²) >= 11 is 0. The number of amidine groups is 1. The topological polar surface area (TPSA) is 22.1 Å². The highest BCUT2D eigenvalue weighted by molar-refractivity contribution is 6.13. The largest absolute Gasteiger partial charge is 0.359 e. The number of rotatable bonds is 6. The van der Waals surface area contributed by atoms with Gasteiger partial charge in [0.25, 0.3) is 0 Å². The summed E-state index contributed by atoms with van der Waals surface area (Å²) in [4.78, 5) is 11.7. The van der Waals surface area contributed by atoms with Gasteiger partial charge in [-0.05, 0) is 55.4 Å². The van der Waals surface area contributed by atoms with Crippen LogP contribution in [0.15, 0.2) is 66.1 Å². The summed E-state index contributed by atoms with van der Waals surface area (Å²) in [5, 5.41) is 0. The molecule has 0 bridgehead atoms. The lowest BCUT2D eigenvalue weighted by atomic mass is 9.91. The van der Waals surface area contributed by atoms with Crippen molar-refractivity contribution in [2.45, 2.75) is 66.5 Å². The molecule has 1 aliphatic rings. The van der Waals surface area contributed by atoms with Crippen molar-refractivity contribution in [2.24, 2.45) is 4.99 Å². The molecule has 2 aromatic rings. The first-order valence-electron chi connectivity index (χ1n) is 12.0. The van der Waals surface area contributed by atoms with Crippen LogP contribution < -0.4 is 9.80 Å². The average Bonchev–Trinajstić information content (AvgIpc) is 3.12. The van der Waals surface area contributed by atoms with Crippen LogP contribution in [0.4, 0.5) is 11.4 Å². The maximum atomic E-state index is 4.86. The zero-order chi connectivity index (χ0) is 24.3. The van der Waals surface area contributed by atoms with E-state index in [1.807, 2.05) is 7.05 Å². The van der Waals surface area contributed by atoms with Crippen LogP contribution in [0, 0.1) is 6.92 Å². The molecular weight excluding hydrogens is 404 g/mol. The standard InChI is InChI=1S/C29H40N4/c1-10-17-33(28-24(20(2)3)13-11-14-25(28)21(4)5)29(30-8)26-15-12-16-27(22(26)6)32-19-18-31(9)23(32)7/h10-21,23H,1-9H3/b17-10-,30-29?/t23-/m0/s1. The van der Waals surface area contributed by atoms with Crippen LogP contribution in [0.2, 0.25) is 0 Å². The van der Waals surface area contributed by atoms with Crippen LogP contribution in [0.25, 0.3) is 0 Å². The molecule has 0 spiro atoms. The van der Waals surface area contributed by atoms with Crippen molar-refractivity contribution in [2.75, 3.05) is 23.9 Å². The first-order valence-corrected chi connectivity index (χ1v) is 12.0. The molecule has 0 radical (unpaired) electrons. The maximum Gasteiger partial charge on any atom is 0.139 e. The molecule has 0 saturated carbocycles. The molecule has 0 fully saturated rings. The number of anilines is 2. The van der Waals surface area contributed by atoms with Gasteiger partial charge in [0, 0.05) is 43.9 Å². The zero-order valence-corrected chi connectivity index (χ0v) is 21.8. The third-order valence-electron chi connectivity index (χ3n) is 6.60. The van der Waals surface area contributed by atoms with Crippen molar-refractivity contribution in [3.63, 3.8) is 0 Å². The summed E-state index contributed by atoms with van der Waals surface area (Å²) in [6.07, 6.45) is 8.83. The second-order valence-electron chi connectivity index (χ2n) is 9.45. The van der Waals surface area contributed by atoms with E-state index >= 15 is 0 Å². The van der Waals surface area contributed by atoms with E-state index in [0.717, 1.165) is 11.4 Å². The molecule has 0 N–H and O–H groups in total.